The molecule has 2 aromatic carbocycles. The van der Waals surface area contributed by atoms with Crippen molar-refractivity contribution in [2.75, 3.05) is 13.3 Å². The predicted octanol–water partition coefficient (Wildman–Crippen LogP) is 2.87. The molecule has 0 fully saturated rings. The lowest BCUT2D eigenvalue weighted by Gasteiger charge is -2.18. The average molecular weight is 414 g/mol. The first-order chi connectivity index (χ1) is 13.0. The monoisotopic (exact) mass is 414 g/mol. The van der Waals surface area contributed by atoms with E-state index in [0.717, 1.165) is 24.5 Å². The number of nitro benzene ring substituents is 1. The number of rotatable bonds is 7. The first kappa shape index (κ1) is 21.2. The number of alkyl halides is 2. The average Bonchev–Trinajstić information content (AvgIpc) is 2.61. The van der Waals surface area contributed by atoms with Crippen molar-refractivity contribution in [1.82, 2.24) is 4.90 Å². The SMILES string of the molecule is CN(Cc1ccc(OC(F)F)cc1)C(=O)c1cc([N+](=O)[O-])cc(S(C)(=O)=O)c1. The molecule has 11 heteroatoms. The van der Waals surface area contributed by atoms with Crippen molar-refractivity contribution in [2.45, 2.75) is 18.1 Å². The Morgan fingerprint density at radius 2 is 1.82 bits per heavy atom. The third kappa shape index (κ3) is 5.46. The maximum absolute atomic E-state index is 12.6. The molecule has 0 saturated carbocycles. The number of nitro groups is 1. The van der Waals surface area contributed by atoms with E-state index in [0.29, 0.717) is 5.56 Å². The molecule has 0 aromatic heterocycles. The van der Waals surface area contributed by atoms with Crippen LogP contribution in [0.15, 0.2) is 47.4 Å². The Balaban J connectivity index is 2.25. The standard InChI is InChI=1S/C17H16F2N2O6S/c1-20(10-11-3-5-14(6-4-11)27-17(18)19)16(22)12-7-13(21(23)24)9-15(8-12)28(2,25)26/h3-9,17H,10H2,1-2H3. The highest BCUT2D eigenvalue weighted by molar-refractivity contribution is 7.90. The van der Waals surface area contributed by atoms with E-state index in [4.69, 9.17) is 0 Å². The zero-order chi connectivity index (χ0) is 21.1. The van der Waals surface area contributed by atoms with Gasteiger partial charge in [-0.3, -0.25) is 14.9 Å². The van der Waals surface area contributed by atoms with Crippen molar-refractivity contribution >= 4 is 21.4 Å². The summed E-state index contributed by atoms with van der Waals surface area (Å²) >= 11 is 0. The second-order valence-electron chi connectivity index (χ2n) is 5.93. The van der Waals surface area contributed by atoms with Gasteiger partial charge in [-0.1, -0.05) is 12.1 Å². The van der Waals surface area contributed by atoms with Gasteiger partial charge in [-0.25, -0.2) is 8.42 Å². The molecule has 0 spiro atoms. The molecule has 0 aliphatic heterocycles. The van der Waals surface area contributed by atoms with Gasteiger partial charge in [0.1, 0.15) is 5.75 Å². The fraction of sp³-hybridized carbons (Fsp3) is 0.235. The second-order valence-corrected chi connectivity index (χ2v) is 7.94. The van der Waals surface area contributed by atoms with Crippen molar-refractivity contribution in [3.8, 4) is 5.75 Å². The normalized spacial score (nSPS) is 11.3. The molecule has 150 valence electrons. The van der Waals surface area contributed by atoms with Gasteiger partial charge in [0, 0.05) is 37.5 Å². The summed E-state index contributed by atoms with van der Waals surface area (Å²) in [6.07, 6.45) is 0.882. The summed E-state index contributed by atoms with van der Waals surface area (Å²) in [7, 11) is -2.34. The van der Waals surface area contributed by atoms with E-state index in [2.05, 4.69) is 4.74 Å². The van der Waals surface area contributed by atoms with E-state index in [1.807, 2.05) is 0 Å². The number of hydrogen-bond acceptors (Lipinski definition) is 6. The third-order valence-electron chi connectivity index (χ3n) is 3.69. The number of sulfone groups is 1. The Bertz CT molecular complexity index is 993. The van der Waals surface area contributed by atoms with Crippen LogP contribution in [0.2, 0.25) is 0 Å². The number of hydrogen-bond donors (Lipinski definition) is 0. The van der Waals surface area contributed by atoms with Crippen LogP contribution in [0.5, 0.6) is 5.75 Å². The van der Waals surface area contributed by atoms with E-state index in [-0.39, 0.29) is 22.8 Å². The minimum Gasteiger partial charge on any atom is -0.435 e. The minimum atomic E-state index is -3.76. The number of amides is 1. The van der Waals surface area contributed by atoms with Crippen LogP contribution in [-0.4, -0.2) is 44.1 Å². The van der Waals surface area contributed by atoms with Crippen molar-refractivity contribution in [2.24, 2.45) is 0 Å². The lowest BCUT2D eigenvalue weighted by molar-refractivity contribution is -0.385. The fourth-order valence-corrected chi connectivity index (χ4v) is 3.04. The van der Waals surface area contributed by atoms with Gasteiger partial charge in [0.2, 0.25) is 0 Å². The highest BCUT2D eigenvalue weighted by Crippen LogP contribution is 2.22. The molecular formula is C17H16F2N2O6S. The van der Waals surface area contributed by atoms with Crippen molar-refractivity contribution in [3.63, 3.8) is 0 Å². The molecule has 0 saturated heterocycles. The second kappa shape index (κ2) is 8.30. The topological polar surface area (TPSA) is 107 Å². The number of halogens is 2. The van der Waals surface area contributed by atoms with Crippen LogP contribution in [0.3, 0.4) is 0 Å². The fourth-order valence-electron chi connectivity index (χ4n) is 2.37. The van der Waals surface area contributed by atoms with E-state index < -0.39 is 33.0 Å². The summed E-state index contributed by atoms with van der Waals surface area (Å²) in [6.45, 7) is -2.89. The molecule has 1 amide bonds. The highest BCUT2D eigenvalue weighted by Gasteiger charge is 2.21. The number of carbonyl (C=O) groups is 1. The summed E-state index contributed by atoms with van der Waals surface area (Å²) in [6, 6.07) is 8.54. The van der Waals surface area contributed by atoms with Gasteiger partial charge in [-0.2, -0.15) is 8.78 Å². The van der Waals surface area contributed by atoms with Crippen LogP contribution in [0, 0.1) is 10.1 Å². The third-order valence-corrected chi connectivity index (χ3v) is 4.78. The molecule has 0 radical (unpaired) electrons. The Kier molecular flexibility index (Phi) is 6.29. The molecule has 0 aliphatic rings. The van der Waals surface area contributed by atoms with Crippen molar-refractivity contribution < 1.29 is 31.7 Å². The number of non-ortho nitro benzene ring substituents is 1. The number of ether oxygens (including phenoxy) is 1. The Hall–Kier alpha value is -3.08. The van der Waals surface area contributed by atoms with Crippen LogP contribution in [-0.2, 0) is 16.4 Å². The van der Waals surface area contributed by atoms with Gasteiger partial charge in [-0.15, -0.1) is 0 Å². The lowest BCUT2D eigenvalue weighted by Crippen LogP contribution is -2.26. The molecule has 0 bridgehead atoms. The smallest absolute Gasteiger partial charge is 0.387 e. The van der Waals surface area contributed by atoms with Crippen molar-refractivity contribution in [1.29, 1.82) is 0 Å². The first-order valence-electron chi connectivity index (χ1n) is 7.76. The summed E-state index contributed by atoms with van der Waals surface area (Å²) in [4.78, 5) is 23.7. The maximum atomic E-state index is 12.6. The van der Waals surface area contributed by atoms with Crippen LogP contribution in [0.1, 0.15) is 15.9 Å². The van der Waals surface area contributed by atoms with E-state index in [1.165, 1.54) is 36.2 Å². The predicted molar refractivity (Wildman–Crippen MR) is 95.1 cm³/mol. The molecule has 28 heavy (non-hydrogen) atoms. The van der Waals surface area contributed by atoms with Gasteiger partial charge >= 0.3 is 6.61 Å². The summed E-state index contributed by atoms with van der Waals surface area (Å²) in [5.41, 5.74) is -0.0887. The number of nitrogens with zero attached hydrogens (tertiary/aromatic N) is 2. The van der Waals surface area contributed by atoms with E-state index in [9.17, 15) is 32.1 Å². The molecule has 0 heterocycles. The van der Waals surface area contributed by atoms with E-state index >= 15 is 0 Å². The van der Waals surface area contributed by atoms with Crippen LogP contribution in [0.25, 0.3) is 0 Å². The minimum absolute atomic E-state index is 0.0378. The number of benzene rings is 2. The molecule has 8 nitrogen and oxygen atoms in total. The molecule has 0 atom stereocenters. The Morgan fingerprint density at radius 3 is 2.32 bits per heavy atom. The van der Waals surface area contributed by atoms with Crippen LogP contribution < -0.4 is 4.74 Å². The maximum Gasteiger partial charge on any atom is 0.387 e. The molecule has 0 N–H and O–H groups in total. The van der Waals surface area contributed by atoms with Gasteiger partial charge in [0.25, 0.3) is 11.6 Å². The molecular weight excluding hydrogens is 398 g/mol. The molecule has 0 aliphatic carbocycles. The van der Waals surface area contributed by atoms with E-state index in [1.54, 1.807) is 0 Å². The van der Waals surface area contributed by atoms with Gasteiger partial charge in [0.15, 0.2) is 9.84 Å². The van der Waals surface area contributed by atoms with Crippen LogP contribution >= 0.6 is 0 Å². The summed E-state index contributed by atoms with van der Waals surface area (Å²) in [5.74, 6) is -0.675. The molecule has 0 unspecified atom stereocenters. The number of carbonyl (C=O) groups excluding carboxylic acids is 1. The largest absolute Gasteiger partial charge is 0.435 e. The lowest BCUT2D eigenvalue weighted by atomic mass is 10.1. The molecule has 2 rings (SSSR count). The summed E-state index contributed by atoms with van der Waals surface area (Å²) < 4.78 is 52.0. The van der Waals surface area contributed by atoms with Crippen LogP contribution in [0.4, 0.5) is 14.5 Å². The highest BCUT2D eigenvalue weighted by atomic mass is 32.2. The summed E-state index contributed by atoms with van der Waals surface area (Å²) in [5, 5.41) is 11.0. The Morgan fingerprint density at radius 1 is 1.21 bits per heavy atom. The first-order valence-corrected chi connectivity index (χ1v) is 9.65. The van der Waals surface area contributed by atoms with Crippen molar-refractivity contribution in [3.05, 3.63) is 63.7 Å². The zero-order valence-corrected chi connectivity index (χ0v) is 15.7. The zero-order valence-electron chi connectivity index (χ0n) is 14.8. The molecule has 2 aromatic rings. The van der Waals surface area contributed by atoms with Gasteiger partial charge < -0.3 is 9.64 Å². The van der Waals surface area contributed by atoms with Gasteiger partial charge in [0.05, 0.1) is 9.82 Å². The Labute approximate surface area is 159 Å². The van der Waals surface area contributed by atoms with Gasteiger partial charge in [-0.05, 0) is 23.8 Å². The quantitative estimate of drug-likeness (QED) is 0.509.